The van der Waals surface area contributed by atoms with Gasteiger partial charge in [0.25, 0.3) is 0 Å². The number of nitrogens with one attached hydrogen (secondary N) is 1. The zero-order valence-corrected chi connectivity index (χ0v) is 16.0. The molecule has 1 aromatic carbocycles. The van der Waals surface area contributed by atoms with E-state index < -0.39 is 10.0 Å². The van der Waals surface area contributed by atoms with E-state index in [1.807, 2.05) is 0 Å². The van der Waals surface area contributed by atoms with Crippen LogP contribution in [0.4, 0.5) is 0 Å². The highest BCUT2D eigenvalue weighted by molar-refractivity contribution is 7.89. The van der Waals surface area contributed by atoms with Crippen molar-refractivity contribution in [1.82, 2.24) is 14.5 Å². The summed E-state index contributed by atoms with van der Waals surface area (Å²) in [7, 11) is -3.63. The Hall–Kier alpha value is -1.84. The minimum atomic E-state index is -3.63. The molecule has 0 bridgehead atoms. The standard InChI is InChI=1S/C18H25N3O5S/c22-18(15-3-1-2-6-19-15)20-7-9-21(10-8-20)27(23,24)14-4-5-16-17(13-14)26-12-11-25-16/h4-5,13,15,19H,1-3,6-12H2. The van der Waals surface area contributed by atoms with Crippen LogP contribution in [0.3, 0.4) is 0 Å². The smallest absolute Gasteiger partial charge is 0.243 e. The Balaban J connectivity index is 1.41. The molecule has 2 fully saturated rings. The predicted octanol–water partition coefficient (Wildman–Crippen LogP) is 0.433. The number of amides is 1. The summed E-state index contributed by atoms with van der Waals surface area (Å²) in [4.78, 5) is 14.6. The van der Waals surface area contributed by atoms with Gasteiger partial charge in [0.1, 0.15) is 13.2 Å². The van der Waals surface area contributed by atoms with Crippen LogP contribution in [0.2, 0.25) is 0 Å². The van der Waals surface area contributed by atoms with Gasteiger partial charge in [-0.2, -0.15) is 4.31 Å². The van der Waals surface area contributed by atoms with E-state index in [0.717, 1.165) is 25.8 Å². The summed E-state index contributed by atoms with van der Waals surface area (Å²) < 4.78 is 38.3. The zero-order chi connectivity index (χ0) is 18.9. The van der Waals surface area contributed by atoms with E-state index in [-0.39, 0.29) is 16.8 Å². The second kappa shape index (κ2) is 7.65. The number of fused-ring (bicyclic) bond motifs is 1. The number of carbonyl (C=O) groups excluding carboxylic acids is 1. The van der Waals surface area contributed by atoms with Crippen LogP contribution in [0.5, 0.6) is 11.5 Å². The van der Waals surface area contributed by atoms with E-state index in [9.17, 15) is 13.2 Å². The van der Waals surface area contributed by atoms with Crippen LogP contribution in [-0.2, 0) is 14.8 Å². The number of nitrogens with zero attached hydrogens (tertiary/aromatic N) is 2. The lowest BCUT2D eigenvalue weighted by molar-refractivity contribution is -0.135. The van der Waals surface area contributed by atoms with Crippen molar-refractivity contribution >= 4 is 15.9 Å². The molecule has 3 aliphatic rings. The van der Waals surface area contributed by atoms with Crippen LogP contribution in [-0.4, -0.2) is 75.5 Å². The minimum absolute atomic E-state index is 0.0890. The fraction of sp³-hybridized carbons (Fsp3) is 0.611. The molecule has 27 heavy (non-hydrogen) atoms. The van der Waals surface area contributed by atoms with Crippen molar-refractivity contribution in [2.24, 2.45) is 0 Å². The molecule has 1 aromatic rings. The third-order valence-electron chi connectivity index (χ3n) is 5.31. The summed E-state index contributed by atoms with van der Waals surface area (Å²) in [6.07, 6.45) is 3.02. The number of ether oxygens (including phenoxy) is 2. The highest BCUT2D eigenvalue weighted by Gasteiger charge is 2.33. The summed E-state index contributed by atoms with van der Waals surface area (Å²) in [6, 6.07) is 4.58. The Bertz CT molecular complexity index is 799. The van der Waals surface area contributed by atoms with E-state index in [2.05, 4.69) is 5.32 Å². The molecule has 2 saturated heterocycles. The number of benzene rings is 1. The number of hydrogen-bond acceptors (Lipinski definition) is 6. The fourth-order valence-corrected chi connectivity index (χ4v) is 5.20. The van der Waals surface area contributed by atoms with E-state index in [0.29, 0.717) is 50.9 Å². The summed E-state index contributed by atoms with van der Waals surface area (Å²) >= 11 is 0. The number of carbonyl (C=O) groups is 1. The molecule has 0 saturated carbocycles. The Morgan fingerprint density at radius 1 is 1.04 bits per heavy atom. The van der Waals surface area contributed by atoms with Gasteiger partial charge < -0.3 is 19.7 Å². The first-order valence-corrected chi connectivity index (χ1v) is 10.9. The molecule has 0 radical (unpaired) electrons. The molecule has 1 atom stereocenters. The van der Waals surface area contributed by atoms with E-state index >= 15 is 0 Å². The highest BCUT2D eigenvalue weighted by Crippen LogP contribution is 2.33. The molecule has 3 aliphatic heterocycles. The van der Waals surface area contributed by atoms with Gasteiger partial charge in [0.2, 0.25) is 15.9 Å². The van der Waals surface area contributed by atoms with Crippen LogP contribution in [0.15, 0.2) is 23.1 Å². The summed E-state index contributed by atoms with van der Waals surface area (Å²) in [5, 5.41) is 3.26. The monoisotopic (exact) mass is 395 g/mol. The van der Waals surface area contributed by atoms with Crippen molar-refractivity contribution in [3.63, 3.8) is 0 Å². The van der Waals surface area contributed by atoms with Crippen molar-refractivity contribution in [2.45, 2.75) is 30.2 Å². The Kier molecular flexibility index (Phi) is 5.25. The van der Waals surface area contributed by atoms with E-state index in [4.69, 9.17) is 9.47 Å². The van der Waals surface area contributed by atoms with Crippen molar-refractivity contribution in [1.29, 1.82) is 0 Å². The van der Waals surface area contributed by atoms with Crippen molar-refractivity contribution in [3.8, 4) is 11.5 Å². The SMILES string of the molecule is O=C(C1CCCCN1)N1CCN(S(=O)(=O)c2ccc3c(c2)OCCO3)CC1. The molecule has 1 amide bonds. The first kappa shape index (κ1) is 18.5. The number of piperidine rings is 1. The van der Waals surface area contributed by atoms with Gasteiger partial charge in [-0.25, -0.2) is 8.42 Å². The molecule has 148 valence electrons. The maximum absolute atomic E-state index is 13.0. The molecule has 9 heteroatoms. The van der Waals surface area contributed by atoms with Gasteiger partial charge in [-0.1, -0.05) is 6.42 Å². The molecule has 4 rings (SSSR count). The Morgan fingerprint density at radius 3 is 2.48 bits per heavy atom. The molecular weight excluding hydrogens is 370 g/mol. The largest absolute Gasteiger partial charge is 0.486 e. The Morgan fingerprint density at radius 2 is 1.78 bits per heavy atom. The van der Waals surface area contributed by atoms with E-state index in [1.165, 1.54) is 10.4 Å². The lowest BCUT2D eigenvalue weighted by atomic mass is 10.0. The number of piperazine rings is 1. The van der Waals surface area contributed by atoms with E-state index in [1.54, 1.807) is 17.0 Å². The fourth-order valence-electron chi connectivity index (χ4n) is 3.77. The molecule has 0 spiro atoms. The summed E-state index contributed by atoms with van der Waals surface area (Å²) in [5.41, 5.74) is 0. The first-order chi connectivity index (χ1) is 13.1. The second-order valence-electron chi connectivity index (χ2n) is 7.04. The first-order valence-electron chi connectivity index (χ1n) is 9.48. The van der Waals surface area contributed by atoms with Crippen LogP contribution in [0.25, 0.3) is 0 Å². The average molecular weight is 395 g/mol. The maximum Gasteiger partial charge on any atom is 0.243 e. The zero-order valence-electron chi connectivity index (χ0n) is 15.2. The van der Waals surface area contributed by atoms with Gasteiger partial charge in [0.15, 0.2) is 11.5 Å². The topological polar surface area (TPSA) is 88.2 Å². The number of hydrogen-bond donors (Lipinski definition) is 1. The molecule has 1 unspecified atom stereocenters. The highest BCUT2D eigenvalue weighted by atomic mass is 32.2. The average Bonchev–Trinajstić information content (AvgIpc) is 2.73. The van der Waals surface area contributed by atoms with Crippen LogP contribution in [0, 0.1) is 0 Å². The molecule has 3 heterocycles. The normalized spacial score (nSPS) is 23.9. The van der Waals surface area contributed by atoms with Gasteiger partial charge >= 0.3 is 0 Å². The quantitative estimate of drug-likeness (QED) is 0.799. The maximum atomic E-state index is 13.0. The second-order valence-corrected chi connectivity index (χ2v) is 8.98. The Labute approximate surface area is 159 Å². The lowest BCUT2D eigenvalue weighted by Crippen LogP contribution is -2.55. The van der Waals surface area contributed by atoms with Crippen LogP contribution >= 0.6 is 0 Å². The van der Waals surface area contributed by atoms with Gasteiger partial charge in [0.05, 0.1) is 10.9 Å². The molecule has 1 N–H and O–H groups in total. The van der Waals surface area contributed by atoms with Crippen molar-refractivity contribution in [2.75, 3.05) is 45.9 Å². The van der Waals surface area contributed by atoms with Crippen LogP contribution < -0.4 is 14.8 Å². The third kappa shape index (κ3) is 3.76. The van der Waals surface area contributed by atoms with Gasteiger partial charge in [-0.3, -0.25) is 4.79 Å². The molecule has 0 aromatic heterocycles. The summed E-state index contributed by atoms with van der Waals surface area (Å²) in [6.45, 7) is 3.18. The lowest BCUT2D eigenvalue weighted by Gasteiger charge is -2.36. The van der Waals surface area contributed by atoms with Crippen molar-refractivity contribution in [3.05, 3.63) is 18.2 Å². The molecular formula is C18H25N3O5S. The molecule has 0 aliphatic carbocycles. The van der Waals surface area contributed by atoms with Gasteiger partial charge in [-0.05, 0) is 31.5 Å². The predicted molar refractivity (Wildman–Crippen MR) is 98.4 cm³/mol. The van der Waals surface area contributed by atoms with Gasteiger partial charge in [-0.15, -0.1) is 0 Å². The number of sulfonamides is 1. The molecule has 8 nitrogen and oxygen atoms in total. The van der Waals surface area contributed by atoms with Crippen LogP contribution in [0.1, 0.15) is 19.3 Å². The van der Waals surface area contributed by atoms with Crippen molar-refractivity contribution < 1.29 is 22.7 Å². The third-order valence-corrected chi connectivity index (χ3v) is 7.20. The van der Waals surface area contributed by atoms with Gasteiger partial charge in [0, 0.05) is 32.2 Å². The summed E-state index contributed by atoms with van der Waals surface area (Å²) in [5.74, 6) is 1.11. The minimum Gasteiger partial charge on any atom is -0.486 e. The number of rotatable bonds is 3.